The predicted octanol–water partition coefficient (Wildman–Crippen LogP) is 1.38. The summed E-state index contributed by atoms with van der Waals surface area (Å²) in [4.78, 5) is 11.1. The third-order valence-corrected chi connectivity index (χ3v) is 3.26. The molecule has 4 heteroatoms. The molecule has 1 rings (SSSR count). The Morgan fingerprint density at radius 2 is 2.07 bits per heavy atom. The largest absolute Gasteiger partial charge is 0.480 e. The van der Waals surface area contributed by atoms with Crippen molar-refractivity contribution in [3.63, 3.8) is 0 Å². The number of carboxylic acids is 1. The maximum Gasteiger partial charge on any atom is 0.326 e. The molecule has 0 aromatic carbocycles. The molecule has 0 heterocycles. The molecule has 1 aliphatic rings. The first-order valence-electron chi connectivity index (χ1n) is 5.48. The van der Waals surface area contributed by atoms with Crippen LogP contribution in [-0.4, -0.2) is 28.8 Å². The van der Waals surface area contributed by atoms with Gasteiger partial charge in [-0.25, -0.2) is 0 Å². The molecule has 0 saturated heterocycles. The van der Waals surface area contributed by atoms with Gasteiger partial charge in [-0.3, -0.25) is 4.79 Å². The van der Waals surface area contributed by atoms with Crippen molar-refractivity contribution in [2.75, 3.05) is 6.61 Å². The molecule has 15 heavy (non-hydrogen) atoms. The molecule has 1 fully saturated rings. The van der Waals surface area contributed by atoms with E-state index >= 15 is 0 Å². The normalized spacial score (nSPS) is 21.1. The predicted molar refractivity (Wildman–Crippen MR) is 57.6 cm³/mol. The molecule has 1 atom stereocenters. The molecule has 1 unspecified atom stereocenters. The molecule has 88 valence electrons. The summed E-state index contributed by atoms with van der Waals surface area (Å²) >= 11 is 0. The molecule has 4 nitrogen and oxygen atoms in total. The number of carboxylic acid groups (broad SMARTS) is 1. The Kier molecular flexibility index (Phi) is 3.41. The Labute approximate surface area is 90.8 Å². The van der Waals surface area contributed by atoms with Crippen LogP contribution in [0, 0.1) is 5.92 Å². The van der Waals surface area contributed by atoms with E-state index < -0.39 is 11.5 Å². The number of ether oxygens (including phenoxy) is 1. The van der Waals surface area contributed by atoms with E-state index in [1.807, 2.05) is 20.8 Å². The van der Waals surface area contributed by atoms with Gasteiger partial charge in [0.15, 0.2) is 0 Å². The van der Waals surface area contributed by atoms with Crippen molar-refractivity contribution in [3.05, 3.63) is 0 Å². The number of aliphatic carboxylic acids is 1. The molecular formula is C11H21NO3. The van der Waals surface area contributed by atoms with Crippen LogP contribution in [0.1, 0.15) is 40.0 Å². The highest BCUT2D eigenvalue weighted by Crippen LogP contribution is 2.39. The van der Waals surface area contributed by atoms with Crippen LogP contribution in [0.15, 0.2) is 0 Å². The molecular weight excluding hydrogens is 194 g/mol. The van der Waals surface area contributed by atoms with Gasteiger partial charge >= 0.3 is 5.97 Å². The topological polar surface area (TPSA) is 72.5 Å². The van der Waals surface area contributed by atoms with Crippen LogP contribution >= 0.6 is 0 Å². The van der Waals surface area contributed by atoms with Gasteiger partial charge in [-0.2, -0.15) is 0 Å². The van der Waals surface area contributed by atoms with E-state index in [9.17, 15) is 4.79 Å². The minimum atomic E-state index is -1.19. The van der Waals surface area contributed by atoms with E-state index in [1.54, 1.807) is 0 Å². The van der Waals surface area contributed by atoms with Crippen LogP contribution in [0.3, 0.4) is 0 Å². The molecule has 0 aromatic heterocycles. The first-order chi connectivity index (χ1) is 6.82. The summed E-state index contributed by atoms with van der Waals surface area (Å²) in [6.45, 7) is 6.01. The molecule has 1 aliphatic carbocycles. The number of carbonyl (C=O) groups is 1. The molecule has 0 spiro atoms. The lowest BCUT2D eigenvalue weighted by Gasteiger charge is -2.31. The lowest BCUT2D eigenvalue weighted by atomic mass is 9.95. The summed E-state index contributed by atoms with van der Waals surface area (Å²) in [5, 5.41) is 9.11. The number of hydrogen-bond acceptors (Lipinski definition) is 3. The van der Waals surface area contributed by atoms with Gasteiger partial charge in [0.05, 0.1) is 12.2 Å². The zero-order chi connectivity index (χ0) is 11.7. The summed E-state index contributed by atoms with van der Waals surface area (Å²) in [5.41, 5.74) is 4.40. The highest BCUT2D eigenvalue weighted by Gasteiger charge is 2.49. The molecule has 0 aromatic rings. The van der Waals surface area contributed by atoms with Crippen molar-refractivity contribution in [1.82, 2.24) is 0 Å². The summed E-state index contributed by atoms with van der Waals surface area (Å²) in [7, 11) is 0. The second-order valence-corrected chi connectivity index (χ2v) is 5.02. The van der Waals surface area contributed by atoms with Crippen LogP contribution in [0.2, 0.25) is 0 Å². The van der Waals surface area contributed by atoms with Gasteiger partial charge in [-0.15, -0.1) is 0 Å². The lowest BCUT2D eigenvalue weighted by Crippen LogP contribution is -2.55. The zero-order valence-corrected chi connectivity index (χ0v) is 9.75. The van der Waals surface area contributed by atoms with Gasteiger partial charge in [0, 0.05) is 0 Å². The minimum Gasteiger partial charge on any atom is -0.480 e. The second-order valence-electron chi connectivity index (χ2n) is 5.02. The third-order valence-electron chi connectivity index (χ3n) is 3.26. The molecule has 0 bridgehead atoms. The average molecular weight is 215 g/mol. The molecule has 0 amide bonds. The van der Waals surface area contributed by atoms with Crippen molar-refractivity contribution in [2.45, 2.75) is 51.2 Å². The monoisotopic (exact) mass is 215 g/mol. The number of nitrogens with two attached hydrogens (primary N) is 1. The van der Waals surface area contributed by atoms with Crippen LogP contribution in [0.4, 0.5) is 0 Å². The van der Waals surface area contributed by atoms with Crippen molar-refractivity contribution < 1.29 is 14.6 Å². The number of hydrogen-bond donors (Lipinski definition) is 2. The van der Waals surface area contributed by atoms with E-state index in [2.05, 4.69) is 0 Å². The summed E-state index contributed by atoms with van der Waals surface area (Å²) < 4.78 is 5.60. The van der Waals surface area contributed by atoms with E-state index in [1.165, 1.54) is 0 Å². The SMILES string of the molecule is CCC(C)(C)OCC(N)(C(=O)O)C1CC1. The van der Waals surface area contributed by atoms with Crippen LogP contribution in [0.5, 0.6) is 0 Å². The van der Waals surface area contributed by atoms with E-state index in [0.29, 0.717) is 0 Å². The summed E-state index contributed by atoms with van der Waals surface area (Å²) in [6, 6.07) is 0. The Hall–Kier alpha value is -0.610. The highest BCUT2D eigenvalue weighted by molar-refractivity contribution is 5.79. The maximum atomic E-state index is 11.1. The Balaban J connectivity index is 2.56. The average Bonchev–Trinajstić information content (AvgIpc) is 2.97. The highest BCUT2D eigenvalue weighted by atomic mass is 16.5. The smallest absolute Gasteiger partial charge is 0.326 e. The molecule has 3 N–H and O–H groups in total. The quantitative estimate of drug-likeness (QED) is 0.702. The number of rotatable bonds is 6. The molecule has 0 aliphatic heterocycles. The minimum absolute atomic E-state index is 0.0858. The van der Waals surface area contributed by atoms with Crippen molar-refractivity contribution >= 4 is 5.97 Å². The van der Waals surface area contributed by atoms with Crippen LogP contribution in [0.25, 0.3) is 0 Å². The van der Waals surface area contributed by atoms with Crippen molar-refractivity contribution in [3.8, 4) is 0 Å². The third kappa shape index (κ3) is 2.92. The van der Waals surface area contributed by atoms with Gasteiger partial charge in [0.25, 0.3) is 0 Å². The molecule has 1 saturated carbocycles. The lowest BCUT2D eigenvalue weighted by molar-refractivity contribution is -0.150. The van der Waals surface area contributed by atoms with E-state index in [0.717, 1.165) is 19.3 Å². The first kappa shape index (κ1) is 12.5. The van der Waals surface area contributed by atoms with Crippen LogP contribution in [-0.2, 0) is 9.53 Å². The zero-order valence-electron chi connectivity index (χ0n) is 9.75. The van der Waals surface area contributed by atoms with Crippen molar-refractivity contribution in [1.29, 1.82) is 0 Å². The van der Waals surface area contributed by atoms with Gasteiger partial charge < -0.3 is 15.6 Å². The van der Waals surface area contributed by atoms with Gasteiger partial charge in [0.2, 0.25) is 0 Å². The van der Waals surface area contributed by atoms with Gasteiger partial charge in [0.1, 0.15) is 5.54 Å². The van der Waals surface area contributed by atoms with E-state index in [-0.39, 0.29) is 18.1 Å². The Bertz CT molecular complexity index is 248. The Morgan fingerprint density at radius 1 is 1.53 bits per heavy atom. The fourth-order valence-electron chi connectivity index (χ4n) is 1.37. The second kappa shape index (κ2) is 4.10. The van der Waals surface area contributed by atoms with Gasteiger partial charge in [-0.1, -0.05) is 6.92 Å². The Morgan fingerprint density at radius 3 is 2.40 bits per heavy atom. The molecule has 0 radical (unpaired) electrons. The van der Waals surface area contributed by atoms with Crippen molar-refractivity contribution in [2.24, 2.45) is 11.7 Å². The fourth-order valence-corrected chi connectivity index (χ4v) is 1.37. The maximum absolute atomic E-state index is 11.1. The summed E-state index contributed by atoms with van der Waals surface area (Å²) in [6.07, 6.45) is 2.64. The standard InChI is InChI=1S/C11H21NO3/c1-4-10(2,3)15-7-11(12,9(13)14)8-5-6-8/h8H,4-7,12H2,1-3H3,(H,13,14). The fraction of sp³-hybridized carbons (Fsp3) is 0.909. The van der Waals surface area contributed by atoms with E-state index in [4.69, 9.17) is 15.6 Å². The summed E-state index contributed by atoms with van der Waals surface area (Å²) in [5.74, 6) is -0.862. The van der Waals surface area contributed by atoms with Gasteiger partial charge in [-0.05, 0) is 39.0 Å². The first-order valence-corrected chi connectivity index (χ1v) is 5.48. The van der Waals surface area contributed by atoms with Crippen LogP contribution < -0.4 is 5.73 Å².